The molecule has 0 amide bonds. The fourth-order valence-electron chi connectivity index (χ4n) is 5.30. The number of hydrogen-bond donors (Lipinski definition) is 0. The first-order chi connectivity index (χ1) is 18.3. The van der Waals surface area contributed by atoms with Crippen LogP contribution in [0.5, 0.6) is 0 Å². The standard InChI is InChI=1S/C33H33NO3/c1-2-36-33(35)31-29(24-23-25-15-7-3-8-16-25)37-32(28-21-13-6-14-22-28)34(31)30(26-17-9-4-10-18-26)27-19-11-5-12-20-27/h3-22,29-32H,2,23-24H2,1H3. The van der Waals surface area contributed by atoms with Gasteiger partial charge in [-0.1, -0.05) is 121 Å². The lowest BCUT2D eigenvalue weighted by Gasteiger charge is -2.36. The fourth-order valence-corrected chi connectivity index (χ4v) is 5.30. The summed E-state index contributed by atoms with van der Waals surface area (Å²) in [4.78, 5) is 15.9. The van der Waals surface area contributed by atoms with E-state index < -0.39 is 12.3 Å². The molecule has 3 atom stereocenters. The molecule has 1 fully saturated rings. The van der Waals surface area contributed by atoms with Crippen LogP contribution in [0.2, 0.25) is 0 Å². The molecule has 0 N–H and O–H groups in total. The second-order valence-electron chi connectivity index (χ2n) is 9.33. The monoisotopic (exact) mass is 491 g/mol. The summed E-state index contributed by atoms with van der Waals surface area (Å²) in [5.41, 5.74) is 4.47. The van der Waals surface area contributed by atoms with Gasteiger partial charge in [0.1, 0.15) is 12.3 Å². The highest BCUT2D eigenvalue weighted by Gasteiger charge is 2.50. The Morgan fingerprint density at radius 1 is 0.784 bits per heavy atom. The average Bonchev–Trinajstić information content (AvgIpc) is 3.33. The van der Waals surface area contributed by atoms with Crippen LogP contribution in [0.1, 0.15) is 47.9 Å². The molecule has 4 heteroatoms. The van der Waals surface area contributed by atoms with Gasteiger partial charge in [-0.2, -0.15) is 0 Å². The van der Waals surface area contributed by atoms with Gasteiger partial charge >= 0.3 is 5.97 Å². The first-order valence-corrected chi connectivity index (χ1v) is 13.0. The lowest BCUT2D eigenvalue weighted by molar-refractivity contribution is -0.150. The van der Waals surface area contributed by atoms with Gasteiger partial charge in [-0.05, 0) is 42.0 Å². The van der Waals surface area contributed by atoms with Gasteiger partial charge in [0.05, 0.1) is 18.8 Å². The Hall–Kier alpha value is -3.73. The Morgan fingerprint density at radius 3 is 1.84 bits per heavy atom. The summed E-state index contributed by atoms with van der Waals surface area (Å²) in [6.45, 7) is 2.18. The van der Waals surface area contributed by atoms with E-state index in [2.05, 4.69) is 53.4 Å². The van der Waals surface area contributed by atoms with Gasteiger partial charge in [0, 0.05) is 0 Å². The largest absolute Gasteiger partial charge is 0.465 e. The summed E-state index contributed by atoms with van der Waals surface area (Å²) < 4.78 is 12.5. The van der Waals surface area contributed by atoms with E-state index in [4.69, 9.17) is 9.47 Å². The minimum absolute atomic E-state index is 0.191. The first-order valence-electron chi connectivity index (χ1n) is 13.0. The van der Waals surface area contributed by atoms with Crippen molar-refractivity contribution in [3.05, 3.63) is 144 Å². The van der Waals surface area contributed by atoms with Crippen LogP contribution in [-0.4, -0.2) is 29.6 Å². The van der Waals surface area contributed by atoms with Gasteiger partial charge in [0.2, 0.25) is 0 Å². The topological polar surface area (TPSA) is 38.8 Å². The number of benzene rings is 4. The van der Waals surface area contributed by atoms with E-state index >= 15 is 0 Å². The molecule has 0 aliphatic carbocycles. The highest BCUT2D eigenvalue weighted by Crippen LogP contribution is 2.45. The van der Waals surface area contributed by atoms with Crippen LogP contribution in [0.3, 0.4) is 0 Å². The summed E-state index contributed by atoms with van der Waals surface area (Å²) in [5.74, 6) is -0.240. The molecular formula is C33H33NO3. The maximum absolute atomic E-state index is 13.7. The minimum Gasteiger partial charge on any atom is -0.465 e. The van der Waals surface area contributed by atoms with Crippen LogP contribution < -0.4 is 0 Å². The van der Waals surface area contributed by atoms with E-state index in [0.29, 0.717) is 13.0 Å². The van der Waals surface area contributed by atoms with Crippen molar-refractivity contribution in [2.45, 2.75) is 44.2 Å². The van der Waals surface area contributed by atoms with Gasteiger partial charge in [0.15, 0.2) is 0 Å². The Balaban J connectivity index is 1.61. The predicted octanol–water partition coefficient (Wildman–Crippen LogP) is 6.74. The number of esters is 1. The molecule has 37 heavy (non-hydrogen) atoms. The molecule has 0 aromatic heterocycles. The van der Waals surface area contributed by atoms with Gasteiger partial charge in [0.25, 0.3) is 0 Å². The number of rotatable bonds is 9. The van der Waals surface area contributed by atoms with Crippen LogP contribution in [0.25, 0.3) is 0 Å². The highest BCUT2D eigenvalue weighted by molar-refractivity contribution is 5.77. The zero-order chi connectivity index (χ0) is 25.5. The summed E-state index contributed by atoms with van der Waals surface area (Å²) in [7, 11) is 0. The highest BCUT2D eigenvalue weighted by atomic mass is 16.6. The normalized spacial score (nSPS) is 19.7. The van der Waals surface area contributed by atoms with Gasteiger partial charge in [-0.3, -0.25) is 4.79 Å². The third-order valence-corrected chi connectivity index (χ3v) is 6.95. The molecule has 4 aromatic carbocycles. The molecule has 1 aliphatic heterocycles. The van der Waals surface area contributed by atoms with Crippen molar-refractivity contribution in [2.75, 3.05) is 6.61 Å². The van der Waals surface area contributed by atoms with E-state index in [0.717, 1.165) is 23.1 Å². The molecule has 0 radical (unpaired) electrons. The number of carbonyl (C=O) groups is 1. The first kappa shape index (κ1) is 24.9. The molecule has 1 aliphatic rings. The number of nitrogens with zero attached hydrogens (tertiary/aromatic N) is 1. The third kappa shape index (κ3) is 5.66. The van der Waals surface area contributed by atoms with Gasteiger partial charge in [-0.15, -0.1) is 0 Å². The zero-order valence-electron chi connectivity index (χ0n) is 21.1. The van der Waals surface area contributed by atoms with Crippen molar-refractivity contribution in [2.24, 2.45) is 0 Å². The second-order valence-corrected chi connectivity index (χ2v) is 9.33. The molecular weight excluding hydrogens is 458 g/mol. The van der Waals surface area contributed by atoms with Crippen molar-refractivity contribution >= 4 is 5.97 Å². The third-order valence-electron chi connectivity index (χ3n) is 6.95. The fraction of sp³-hybridized carbons (Fsp3) is 0.242. The van der Waals surface area contributed by atoms with E-state index in [1.54, 1.807) is 0 Å². The molecule has 1 saturated heterocycles. The zero-order valence-corrected chi connectivity index (χ0v) is 21.1. The van der Waals surface area contributed by atoms with Crippen LogP contribution in [0, 0.1) is 0 Å². The van der Waals surface area contributed by atoms with E-state index in [1.165, 1.54) is 5.56 Å². The molecule has 4 aromatic rings. The van der Waals surface area contributed by atoms with Crippen LogP contribution in [0.4, 0.5) is 0 Å². The van der Waals surface area contributed by atoms with Crippen molar-refractivity contribution in [1.82, 2.24) is 4.90 Å². The number of hydrogen-bond acceptors (Lipinski definition) is 4. The summed E-state index contributed by atoms with van der Waals surface area (Å²) in [5, 5.41) is 0. The maximum Gasteiger partial charge on any atom is 0.326 e. The molecule has 188 valence electrons. The molecule has 0 spiro atoms. The van der Waals surface area contributed by atoms with Crippen molar-refractivity contribution in [3.63, 3.8) is 0 Å². The SMILES string of the molecule is CCOC(=O)C1C(CCc2ccccc2)OC(c2ccccc2)N1C(c1ccccc1)c1ccccc1. The maximum atomic E-state index is 13.7. The predicted molar refractivity (Wildman–Crippen MR) is 146 cm³/mol. The molecule has 3 unspecified atom stereocenters. The number of ether oxygens (including phenoxy) is 2. The van der Waals surface area contributed by atoms with Crippen LogP contribution in [-0.2, 0) is 20.7 Å². The summed E-state index contributed by atoms with van der Waals surface area (Å²) >= 11 is 0. The van der Waals surface area contributed by atoms with Crippen LogP contribution >= 0.6 is 0 Å². The summed E-state index contributed by atoms with van der Waals surface area (Å²) in [6, 6.07) is 40.5. The Bertz CT molecular complexity index is 1210. The Morgan fingerprint density at radius 2 is 1.30 bits per heavy atom. The van der Waals surface area contributed by atoms with E-state index in [-0.39, 0.29) is 18.1 Å². The van der Waals surface area contributed by atoms with E-state index in [9.17, 15) is 4.79 Å². The second kappa shape index (κ2) is 12.0. The quantitative estimate of drug-likeness (QED) is 0.243. The van der Waals surface area contributed by atoms with Crippen LogP contribution in [0.15, 0.2) is 121 Å². The van der Waals surface area contributed by atoms with Gasteiger partial charge in [-0.25, -0.2) is 4.90 Å². The van der Waals surface area contributed by atoms with Gasteiger partial charge < -0.3 is 9.47 Å². The van der Waals surface area contributed by atoms with Crippen molar-refractivity contribution < 1.29 is 14.3 Å². The lowest BCUT2D eigenvalue weighted by atomic mass is 9.93. The minimum atomic E-state index is -0.556. The Kier molecular flexibility index (Phi) is 8.09. The molecule has 0 bridgehead atoms. The number of aryl methyl sites for hydroxylation is 1. The van der Waals surface area contributed by atoms with Crippen molar-refractivity contribution in [3.8, 4) is 0 Å². The van der Waals surface area contributed by atoms with E-state index in [1.807, 2.05) is 79.7 Å². The molecule has 5 rings (SSSR count). The number of carbonyl (C=O) groups excluding carboxylic acids is 1. The molecule has 4 nitrogen and oxygen atoms in total. The van der Waals surface area contributed by atoms with Crippen molar-refractivity contribution in [1.29, 1.82) is 0 Å². The summed E-state index contributed by atoms with van der Waals surface area (Å²) in [6.07, 6.45) is 0.808. The molecule has 0 saturated carbocycles. The lowest BCUT2D eigenvalue weighted by Crippen LogP contribution is -2.46. The smallest absolute Gasteiger partial charge is 0.326 e. The molecule has 1 heterocycles. The average molecular weight is 492 g/mol. The Labute approximate surface area is 219 Å².